The van der Waals surface area contributed by atoms with Gasteiger partial charge < -0.3 is 15.2 Å². The number of nitrogen functional groups attached to an aromatic ring is 1. The molecule has 0 amide bonds. The number of halogens is 1. The van der Waals surface area contributed by atoms with E-state index in [4.69, 9.17) is 26.8 Å². The van der Waals surface area contributed by atoms with Crippen LogP contribution in [0.3, 0.4) is 0 Å². The van der Waals surface area contributed by atoms with E-state index in [9.17, 15) is 4.79 Å². The molecule has 0 fully saturated rings. The predicted octanol–water partition coefficient (Wildman–Crippen LogP) is 3.68. The van der Waals surface area contributed by atoms with Crippen LogP contribution < -0.4 is 10.5 Å². The molecule has 2 rings (SSSR count). The van der Waals surface area contributed by atoms with Crippen molar-refractivity contribution < 1.29 is 14.3 Å². The molecule has 2 N–H and O–H groups in total. The number of nitrogens with two attached hydrogens (primary N) is 1. The van der Waals surface area contributed by atoms with Gasteiger partial charge in [0.05, 0.1) is 17.9 Å². The van der Waals surface area contributed by atoms with Crippen LogP contribution in [0.25, 0.3) is 0 Å². The average molecular weight is 306 g/mol. The molecule has 0 bridgehead atoms. The van der Waals surface area contributed by atoms with E-state index < -0.39 is 5.97 Å². The largest absolute Gasteiger partial charge is 0.487 e. The molecule has 0 aromatic heterocycles. The molecule has 5 heteroatoms. The first-order chi connectivity index (χ1) is 10.1. The summed E-state index contributed by atoms with van der Waals surface area (Å²) in [5.74, 6) is 0.0283. The number of anilines is 1. The Bertz CT molecular complexity index is 643. The van der Waals surface area contributed by atoms with Crippen LogP contribution >= 0.6 is 11.6 Å². The average Bonchev–Trinajstić information content (AvgIpc) is 2.48. The van der Waals surface area contributed by atoms with Gasteiger partial charge in [0, 0.05) is 10.6 Å². The highest BCUT2D eigenvalue weighted by atomic mass is 35.5. The third-order valence-electron chi connectivity index (χ3n) is 2.87. The zero-order valence-electron chi connectivity index (χ0n) is 11.6. The Labute approximate surface area is 128 Å². The fraction of sp³-hybridized carbons (Fsp3) is 0.188. The maximum Gasteiger partial charge on any atom is 0.338 e. The highest BCUT2D eigenvalue weighted by Gasteiger charge is 2.10. The second kappa shape index (κ2) is 6.99. The normalized spacial score (nSPS) is 10.2. The fourth-order valence-corrected chi connectivity index (χ4v) is 1.96. The van der Waals surface area contributed by atoms with Crippen molar-refractivity contribution in [3.8, 4) is 5.75 Å². The van der Waals surface area contributed by atoms with Crippen LogP contribution in [0.2, 0.25) is 5.02 Å². The van der Waals surface area contributed by atoms with E-state index in [0.717, 1.165) is 5.56 Å². The number of carbonyl (C=O) groups is 1. The highest BCUT2D eigenvalue weighted by Crippen LogP contribution is 2.25. The number of ether oxygens (including phenoxy) is 2. The van der Waals surface area contributed by atoms with Crippen molar-refractivity contribution in [2.45, 2.75) is 13.5 Å². The monoisotopic (exact) mass is 305 g/mol. The van der Waals surface area contributed by atoms with Gasteiger partial charge in [-0.2, -0.15) is 0 Å². The molecule has 0 heterocycles. The molecule has 110 valence electrons. The van der Waals surface area contributed by atoms with Crippen LogP contribution in [0.4, 0.5) is 5.69 Å². The summed E-state index contributed by atoms with van der Waals surface area (Å²) in [5.41, 5.74) is 7.56. The molecule has 21 heavy (non-hydrogen) atoms. The van der Waals surface area contributed by atoms with Gasteiger partial charge in [-0.15, -0.1) is 0 Å². The fourth-order valence-electron chi connectivity index (χ4n) is 1.77. The van der Waals surface area contributed by atoms with Gasteiger partial charge in [-0.1, -0.05) is 29.8 Å². The Kier molecular flexibility index (Phi) is 5.06. The molecule has 0 aliphatic rings. The van der Waals surface area contributed by atoms with Crippen molar-refractivity contribution in [3.05, 3.63) is 58.6 Å². The van der Waals surface area contributed by atoms with Crippen molar-refractivity contribution in [1.82, 2.24) is 0 Å². The first kappa shape index (κ1) is 15.2. The first-order valence-electron chi connectivity index (χ1n) is 6.54. The van der Waals surface area contributed by atoms with Gasteiger partial charge in [0.2, 0.25) is 0 Å². The Morgan fingerprint density at radius 1 is 1.24 bits per heavy atom. The third-order valence-corrected chi connectivity index (χ3v) is 3.23. The van der Waals surface area contributed by atoms with Crippen molar-refractivity contribution in [1.29, 1.82) is 0 Å². The van der Waals surface area contributed by atoms with Crippen molar-refractivity contribution in [3.63, 3.8) is 0 Å². The first-order valence-corrected chi connectivity index (χ1v) is 6.92. The van der Waals surface area contributed by atoms with Gasteiger partial charge >= 0.3 is 5.97 Å². The lowest BCUT2D eigenvalue weighted by Crippen LogP contribution is -2.06. The Balaban J connectivity index is 2.14. The summed E-state index contributed by atoms with van der Waals surface area (Å²) in [6.07, 6.45) is 0. The van der Waals surface area contributed by atoms with Crippen LogP contribution in [0.5, 0.6) is 5.75 Å². The minimum atomic E-state index is -0.403. The molecule has 0 saturated carbocycles. The molecule has 0 aliphatic carbocycles. The second-order valence-corrected chi connectivity index (χ2v) is 4.76. The van der Waals surface area contributed by atoms with Gasteiger partial charge in [-0.25, -0.2) is 4.79 Å². The molecule has 0 radical (unpaired) electrons. The molecule has 0 saturated heterocycles. The standard InChI is InChI=1S/C16H16ClNO3/c1-2-20-16(19)11-7-8-14(18)15(9-11)21-10-12-5-3-4-6-13(12)17/h3-9H,2,10,18H2,1H3. The summed E-state index contributed by atoms with van der Waals surface area (Å²) >= 11 is 6.07. The van der Waals surface area contributed by atoms with Crippen LogP contribution in [-0.2, 0) is 11.3 Å². The summed E-state index contributed by atoms with van der Waals surface area (Å²) in [5, 5.41) is 0.623. The van der Waals surface area contributed by atoms with Crippen molar-refractivity contribution >= 4 is 23.3 Å². The molecular weight excluding hydrogens is 290 g/mol. The molecule has 4 nitrogen and oxygen atoms in total. The Hall–Kier alpha value is -2.20. The van der Waals surface area contributed by atoms with Crippen LogP contribution in [0, 0.1) is 0 Å². The van der Waals surface area contributed by atoms with Crippen LogP contribution in [0.1, 0.15) is 22.8 Å². The lowest BCUT2D eigenvalue weighted by molar-refractivity contribution is 0.0526. The smallest absolute Gasteiger partial charge is 0.338 e. The third kappa shape index (κ3) is 3.89. The molecule has 0 aliphatic heterocycles. The topological polar surface area (TPSA) is 61.5 Å². The molecular formula is C16H16ClNO3. The summed E-state index contributed by atoms with van der Waals surface area (Å²) in [6, 6.07) is 12.2. The summed E-state index contributed by atoms with van der Waals surface area (Å²) in [7, 11) is 0. The molecule has 2 aromatic carbocycles. The summed E-state index contributed by atoms with van der Waals surface area (Å²) < 4.78 is 10.6. The van der Waals surface area contributed by atoms with E-state index in [-0.39, 0.29) is 6.61 Å². The molecule has 2 aromatic rings. The Morgan fingerprint density at radius 2 is 2.00 bits per heavy atom. The zero-order valence-corrected chi connectivity index (χ0v) is 12.4. The van der Waals surface area contributed by atoms with Gasteiger partial charge in [-0.3, -0.25) is 0 Å². The lowest BCUT2D eigenvalue weighted by Gasteiger charge is -2.11. The number of carbonyl (C=O) groups excluding carboxylic acids is 1. The zero-order chi connectivity index (χ0) is 15.2. The minimum absolute atomic E-state index is 0.274. The second-order valence-electron chi connectivity index (χ2n) is 4.35. The highest BCUT2D eigenvalue weighted by molar-refractivity contribution is 6.31. The van der Waals surface area contributed by atoms with E-state index in [0.29, 0.717) is 28.6 Å². The van der Waals surface area contributed by atoms with Crippen molar-refractivity contribution in [2.75, 3.05) is 12.3 Å². The number of hydrogen-bond acceptors (Lipinski definition) is 4. The van der Waals surface area contributed by atoms with E-state index in [2.05, 4.69) is 0 Å². The Morgan fingerprint density at radius 3 is 2.71 bits per heavy atom. The maximum absolute atomic E-state index is 11.7. The van der Waals surface area contributed by atoms with Crippen molar-refractivity contribution in [2.24, 2.45) is 0 Å². The molecule has 0 unspecified atom stereocenters. The van der Waals surface area contributed by atoms with Gasteiger partial charge in [0.25, 0.3) is 0 Å². The van der Waals surface area contributed by atoms with E-state index in [1.165, 1.54) is 0 Å². The summed E-state index contributed by atoms with van der Waals surface area (Å²) in [6.45, 7) is 2.35. The number of hydrogen-bond donors (Lipinski definition) is 1. The lowest BCUT2D eigenvalue weighted by atomic mass is 10.2. The van der Waals surface area contributed by atoms with Gasteiger partial charge in [0.1, 0.15) is 12.4 Å². The molecule has 0 spiro atoms. The van der Waals surface area contributed by atoms with Crippen LogP contribution in [-0.4, -0.2) is 12.6 Å². The maximum atomic E-state index is 11.7. The SMILES string of the molecule is CCOC(=O)c1ccc(N)c(OCc2ccccc2Cl)c1. The van der Waals surface area contributed by atoms with Crippen LogP contribution in [0.15, 0.2) is 42.5 Å². The predicted molar refractivity (Wildman–Crippen MR) is 82.6 cm³/mol. The quantitative estimate of drug-likeness (QED) is 0.676. The molecule has 0 atom stereocenters. The number of esters is 1. The van der Waals surface area contributed by atoms with E-state index >= 15 is 0 Å². The van der Waals surface area contributed by atoms with Gasteiger partial charge in [-0.05, 0) is 31.2 Å². The number of benzene rings is 2. The summed E-state index contributed by atoms with van der Waals surface area (Å²) in [4.78, 5) is 11.7. The van der Waals surface area contributed by atoms with Gasteiger partial charge in [0.15, 0.2) is 0 Å². The van der Waals surface area contributed by atoms with E-state index in [1.54, 1.807) is 31.2 Å². The van der Waals surface area contributed by atoms with E-state index in [1.807, 2.05) is 18.2 Å². The number of rotatable bonds is 5. The minimum Gasteiger partial charge on any atom is -0.487 e.